The van der Waals surface area contributed by atoms with E-state index in [0.717, 1.165) is 46.7 Å². The molecule has 2 aliphatic rings. The molecule has 160 valence electrons. The number of oxazole rings is 1. The minimum Gasteiger partial charge on any atom is -0.464 e. The van der Waals surface area contributed by atoms with Crippen LogP contribution in [0.3, 0.4) is 0 Å². The molecule has 0 aliphatic carbocycles. The van der Waals surface area contributed by atoms with Crippen molar-refractivity contribution in [3.05, 3.63) is 78.3 Å². The third-order valence-corrected chi connectivity index (χ3v) is 5.78. The second-order valence-corrected chi connectivity index (χ2v) is 7.96. The van der Waals surface area contributed by atoms with Crippen LogP contribution in [0.15, 0.2) is 64.3 Å². The molecule has 0 saturated heterocycles. The second-order valence-electron chi connectivity index (χ2n) is 7.96. The SMILES string of the molecule is Cn1cnc(-c2oc(C(=O)N3CCc4nc[nH]c4C3)c3[n+]2C3)c1.c1ccc2occc2c1. The molecular formula is C23H21N6O3+. The average molecular weight is 429 g/mol. The molecule has 0 radical (unpaired) electrons. The number of aromatic nitrogens is 5. The number of H-pyrrole nitrogens is 1. The normalized spacial score (nSPS) is 14.0. The lowest BCUT2D eigenvalue weighted by Crippen LogP contribution is -2.36. The van der Waals surface area contributed by atoms with E-state index < -0.39 is 0 Å². The van der Waals surface area contributed by atoms with E-state index in [1.165, 1.54) is 0 Å². The Morgan fingerprint density at radius 3 is 2.97 bits per heavy atom. The van der Waals surface area contributed by atoms with E-state index in [0.29, 0.717) is 24.7 Å². The molecule has 9 heteroatoms. The van der Waals surface area contributed by atoms with E-state index in [1.54, 1.807) is 23.8 Å². The van der Waals surface area contributed by atoms with Crippen LogP contribution in [0, 0.1) is 0 Å². The van der Waals surface area contributed by atoms with Crippen molar-refractivity contribution >= 4 is 16.9 Å². The van der Waals surface area contributed by atoms with Gasteiger partial charge in [0.15, 0.2) is 5.69 Å². The zero-order valence-corrected chi connectivity index (χ0v) is 17.5. The molecule has 1 amide bonds. The lowest BCUT2D eigenvalue weighted by molar-refractivity contribution is -0.566. The fourth-order valence-corrected chi connectivity index (χ4v) is 4.03. The van der Waals surface area contributed by atoms with Crippen LogP contribution in [0.25, 0.3) is 22.6 Å². The van der Waals surface area contributed by atoms with Gasteiger partial charge in [-0.1, -0.05) is 18.2 Å². The number of amides is 1. The summed E-state index contributed by atoms with van der Waals surface area (Å²) in [5.41, 5.74) is 4.71. The summed E-state index contributed by atoms with van der Waals surface area (Å²) < 4.78 is 14.8. The number of benzene rings is 1. The largest absolute Gasteiger partial charge is 0.464 e. The average Bonchev–Trinajstić information content (AvgIpc) is 3.28. The van der Waals surface area contributed by atoms with E-state index in [-0.39, 0.29) is 5.91 Å². The van der Waals surface area contributed by atoms with Crippen molar-refractivity contribution < 1.29 is 18.2 Å². The minimum absolute atomic E-state index is 0.0614. The molecule has 2 aliphatic heterocycles. The predicted molar refractivity (Wildman–Crippen MR) is 113 cm³/mol. The van der Waals surface area contributed by atoms with Crippen molar-refractivity contribution in [1.29, 1.82) is 0 Å². The van der Waals surface area contributed by atoms with Gasteiger partial charge in [0.05, 0.1) is 36.9 Å². The Labute approximate surface area is 182 Å². The standard InChI is InChI=1S/C15H15N6O2.C8H6O/c1-19-4-11(18-8-19)15-21-6-12(21)13(23-15)14(22)20-3-2-9-10(5-20)17-7-16-9;1-2-4-8-7(3-1)5-6-9-8/h4,7-8H,2-3,5-6H2,1H3,(H,16,17);1-6H/q+1;. The van der Waals surface area contributed by atoms with Gasteiger partial charge in [0.1, 0.15) is 5.58 Å². The number of rotatable bonds is 2. The third-order valence-electron chi connectivity index (χ3n) is 5.78. The molecule has 0 spiro atoms. The number of fused-ring (bicyclic) bond motifs is 3. The van der Waals surface area contributed by atoms with Crippen LogP contribution in [0.4, 0.5) is 0 Å². The highest BCUT2D eigenvalue weighted by atomic mass is 16.4. The molecule has 0 unspecified atom stereocenters. The first-order valence-corrected chi connectivity index (χ1v) is 10.4. The van der Waals surface area contributed by atoms with Gasteiger partial charge in [0.25, 0.3) is 17.4 Å². The summed E-state index contributed by atoms with van der Waals surface area (Å²) in [4.78, 5) is 26.3. The summed E-state index contributed by atoms with van der Waals surface area (Å²) in [6, 6.07) is 9.90. The molecule has 1 N–H and O–H groups in total. The van der Waals surface area contributed by atoms with Crippen molar-refractivity contribution in [2.75, 3.05) is 6.54 Å². The number of aryl methyl sites for hydroxylation is 1. The Kier molecular flexibility index (Phi) is 4.20. The van der Waals surface area contributed by atoms with E-state index in [9.17, 15) is 4.79 Å². The van der Waals surface area contributed by atoms with Gasteiger partial charge in [-0.3, -0.25) is 4.79 Å². The number of hydrogen-bond acceptors (Lipinski definition) is 5. The highest BCUT2D eigenvalue weighted by Crippen LogP contribution is 2.28. The summed E-state index contributed by atoms with van der Waals surface area (Å²) in [6.07, 6.45) is 7.76. The molecule has 9 nitrogen and oxygen atoms in total. The number of carbonyl (C=O) groups excluding carboxylic acids is 1. The van der Waals surface area contributed by atoms with Gasteiger partial charge in [0, 0.05) is 31.6 Å². The van der Waals surface area contributed by atoms with Crippen molar-refractivity contribution in [2.24, 2.45) is 7.05 Å². The van der Waals surface area contributed by atoms with E-state index in [1.807, 2.05) is 52.7 Å². The van der Waals surface area contributed by atoms with Gasteiger partial charge in [-0.25, -0.2) is 9.97 Å². The summed E-state index contributed by atoms with van der Waals surface area (Å²) in [5, 5.41) is 1.16. The maximum atomic E-state index is 12.8. The third kappa shape index (κ3) is 3.18. The lowest BCUT2D eigenvalue weighted by atomic mass is 10.1. The van der Waals surface area contributed by atoms with Gasteiger partial charge < -0.3 is 23.3 Å². The molecule has 5 aromatic rings. The second kappa shape index (κ2) is 7.23. The van der Waals surface area contributed by atoms with Gasteiger partial charge in [-0.2, -0.15) is 0 Å². The summed E-state index contributed by atoms with van der Waals surface area (Å²) in [5.74, 6) is 1.03. The molecule has 0 atom stereocenters. The van der Waals surface area contributed by atoms with E-state index in [2.05, 4.69) is 15.0 Å². The van der Waals surface area contributed by atoms with Crippen LogP contribution in [-0.4, -0.2) is 36.9 Å². The predicted octanol–water partition coefficient (Wildman–Crippen LogP) is 2.68. The van der Waals surface area contributed by atoms with Crippen LogP contribution in [0.1, 0.15) is 27.6 Å². The molecular weight excluding hydrogens is 408 g/mol. The molecule has 0 fully saturated rings. The molecule has 6 heterocycles. The van der Waals surface area contributed by atoms with E-state index >= 15 is 0 Å². The molecule has 1 aromatic carbocycles. The maximum absolute atomic E-state index is 12.8. The van der Waals surface area contributed by atoms with Crippen LogP contribution in [-0.2, 0) is 26.6 Å². The highest BCUT2D eigenvalue weighted by Gasteiger charge is 2.48. The fourth-order valence-electron chi connectivity index (χ4n) is 4.03. The summed E-state index contributed by atoms with van der Waals surface area (Å²) in [6.45, 7) is 1.96. The molecule has 4 aromatic heterocycles. The van der Waals surface area contributed by atoms with Gasteiger partial charge in [-0.15, -0.1) is 4.57 Å². The van der Waals surface area contributed by atoms with Gasteiger partial charge >= 0.3 is 5.89 Å². The first-order valence-electron chi connectivity index (χ1n) is 10.4. The van der Waals surface area contributed by atoms with Crippen LogP contribution in [0.5, 0.6) is 0 Å². The Bertz CT molecular complexity index is 1410. The number of imidazole rings is 2. The molecule has 0 bridgehead atoms. The van der Waals surface area contributed by atoms with Crippen LogP contribution < -0.4 is 4.57 Å². The monoisotopic (exact) mass is 429 g/mol. The highest BCUT2D eigenvalue weighted by molar-refractivity contribution is 5.93. The van der Waals surface area contributed by atoms with Crippen molar-refractivity contribution in [3.8, 4) is 11.6 Å². The number of furan rings is 1. The first kappa shape index (κ1) is 18.6. The zero-order chi connectivity index (χ0) is 21.7. The molecule has 32 heavy (non-hydrogen) atoms. The lowest BCUT2D eigenvalue weighted by Gasteiger charge is -2.24. The fraction of sp³-hybridized carbons (Fsp3) is 0.217. The number of nitrogens with zero attached hydrogens (tertiary/aromatic N) is 5. The Morgan fingerprint density at radius 1 is 1.22 bits per heavy atom. The van der Waals surface area contributed by atoms with Crippen molar-refractivity contribution in [2.45, 2.75) is 19.5 Å². The zero-order valence-electron chi connectivity index (χ0n) is 17.5. The van der Waals surface area contributed by atoms with Gasteiger partial charge in [0.2, 0.25) is 6.54 Å². The minimum atomic E-state index is -0.0614. The number of nitrogens with one attached hydrogen (secondary N) is 1. The quantitative estimate of drug-likeness (QED) is 0.427. The van der Waals surface area contributed by atoms with Gasteiger partial charge in [-0.05, 0) is 12.1 Å². The molecule has 0 saturated carbocycles. The first-order chi connectivity index (χ1) is 15.7. The molecule has 7 rings (SSSR count). The Hall–Kier alpha value is -4.14. The van der Waals surface area contributed by atoms with Crippen LogP contribution >= 0.6 is 0 Å². The topological polar surface area (TPSA) is 97.0 Å². The smallest absolute Gasteiger partial charge is 0.403 e. The Morgan fingerprint density at radius 2 is 2.12 bits per heavy atom. The number of carbonyl (C=O) groups is 1. The van der Waals surface area contributed by atoms with Crippen LogP contribution in [0.2, 0.25) is 0 Å². The van der Waals surface area contributed by atoms with Crippen molar-refractivity contribution in [3.63, 3.8) is 0 Å². The van der Waals surface area contributed by atoms with Crippen molar-refractivity contribution in [1.82, 2.24) is 24.4 Å². The van der Waals surface area contributed by atoms with E-state index in [4.69, 9.17) is 8.83 Å². The number of hydrogen-bond donors (Lipinski definition) is 1. The summed E-state index contributed by atoms with van der Waals surface area (Å²) in [7, 11) is 1.91. The number of aromatic amines is 1. The summed E-state index contributed by atoms with van der Waals surface area (Å²) >= 11 is 0. The number of para-hydroxylation sites is 1. The maximum Gasteiger partial charge on any atom is 0.403 e. The Balaban J connectivity index is 0.000000182.